The second-order valence-corrected chi connectivity index (χ2v) is 8.44. The highest BCUT2D eigenvalue weighted by molar-refractivity contribution is 6.07. The number of aromatic nitrogens is 2. The van der Waals surface area contributed by atoms with Crippen LogP contribution >= 0.6 is 0 Å². The number of benzene rings is 3. The van der Waals surface area contributed by atoms with E-state index in [0.717, 1.165) is 16.8 Å². The van der Waals surface area contributed by atoms with E-state index in [1.165, 1.54) is 27.3 Å². The Labute approximate surface area is 204 Å². The summed E-state index contributed by atoms with van der Waals surface area (Å²) in [5.74, 6) is 1.04. The van der Waals surface area contributed by atoms with Gasteiger partial charge in [-0.3, -0.25) is 9.36 Å². The molecule has 0 aliphatic rings. The molecule has 1 aromatic heterocycles. The van der Waals surface area contributed by atoms with Gasteiger partial charge in [0.25, 0.3) is 0 Å². The zero-order valence-electron chi connectivity index (χ0n) is 20.5. The van der Waals surface area contributed by atoms with Gasteiger partial charge in [0.1, 0.15) is 0 Å². The van der Waals surface area contributed by atoms with Gasteiger partial charge in [0.2, 0.25) is 0 Å². The van der Waals surface area contributed by atoms with E-state index in [9.17, 15) is 9.59 Å². The highest BCUT2D eigenvalue weighted by Gasteiger charge is 2.11. The standard InChI is InChI=1S/C29H28N2O4/c1-18-13-23(14-19(2)20(18)3)25-17-31(29(33)30-25)24-8-6-7-22(16-24)26(32)11-9-21-10-12-27(34-4)28(15-21)35-5/h6-17H,1-5H3,(H,30,33). The minimum atomic E-state index is -0.263. The summed E-state index contributed by atoms with van der Waals surface area (Å²) >= 11 is 0. The van der Waals surface area contributed by atoms with E-state index in [1.807, 2.05) is 6.07 Å². The second kappa shape index (κ2) is 9.89. The highest BCUT2D eigenvalue weighted by Crippen LogP contribution is 2.28. The molecule has 6 heteroatoms. The third-order valence-electron chi connectivity index (χ3n) is 6.20. The molecule has 0 saturated heterocycles. The lowest BCUT2D eigenvalue weighted by atomic mass is 9.99. The fraction of sp³-hybridized carbons (Fsp3) is 0.172. The van der Waals surface area contributed by atoms with Gasteiger partial charge < -0.3 is 14.5 Å². The molecule has 0 aliphatic carbocycles. The molecule has 0 amide bonds. The summed E-state index contributed by atoms with van der Waals surface area (Å²) in [7, 11) is 3.14. The molecule has 0 bridgehead atoms. The van der Waals surface area contributed by atoms with Gasteiger partial charge in [-0.1, -0.05) is 24.3 Å². The number of nitrogens with zero attached hydrogens (tertiary/aromatic N) is 1. The Morgan fingerprint density at radius 3 is 2.31 bits per heavy atom. The van der Waals surface area contributed by atoms with Crippen molar-refractivity contribution in [1.82, 2.24) is 9.55 Å². The largest absolute Gasteiger partial charge is 0.493 e. The molecule has 0 aliphatic heterocycles. The van der Waals surface area contributed by atoms with Gasteiger partial charge in [0.05, 0.1) is 25.6 Å². The van der Waals surface area contributed by atoms with Gasteiger partial charge in [0, 0.05) is 17.3 Å². The minimum Gasteiger partial charge on any atom is -0.493 e. The number of aryl methyl sites for hydroxylation is 2. The molecular formula is C29H28N2O4. The normalized spacial score (nSPS) is 11.1. The number of aromatic amines is 1. The van der Waals surface area contributed by atoms with Crippen molar-refractivity contribution < 1.29 is 14.3 Å². The van der Waals surface area contributed by atoms with Crippen LogP contribution < -0.4 is 15.2 Å². The van der Waals surface area contributed by atoms with Crippen LogP contribution in [0.4, 0.5) is 0 Å². The third kappa shape index (κ3) is 4.96. The first kappa shape index (κ1) is 23.8. The Balaban J connectivity index is 1.61. The predicted molar refractivity (Wildman–Crippen MR) is 139 cm³/mol. The van der Waals surface area contributed by atoms with Gasteiger partial charge in [-0.25, -0.2) is 4.79 Å². The molecule has 0 spiro atoms. The van der Waals surface area contributed by atoms with Crippen LogP contribution in [-0.4, -0.2) is 29.6 Å². The monoisotopic (exact) mass is 468 g/mol. The van der Waals surface area contributed by atoms with Crippen LogP contribution in [-0.2, 0) is 0 Å². The smallest absolute Gasteiger partial charge is 0.330 e. The molecule has 178 valence electrons. The van der Waals surface area contributed by atoms with E-state index in [0.29, 0.717) is 22.7 Å². The lowest BCUT2D eigenvalue weighted by molar-refractivity contribution is 0.104. The van der Waals surface area contributed by atoms with Crippen molar-refractivity contribution in [1.29, 1.82) is 0 Å². The fourth-order valence-electron chi connectivity index (χ4n) is 3.96. The van der Waals surface area contributed by atoms with Gasteiger partial charge in [-0.2, -0.15) is 0 Å². The molecule has 0 atom stereocenters. The minimum absolute atomic E-state index is 0.171. The Hall–Kier alpha value is -4.32. The zero-order valence-corrected chi connectivity index (χ0v) is 20.5. The first-order valence-electron chi connectivity index (χ1n) is 11.3. The second-order valence-electron chi connectivity index (χ2n) is 8.44. The van der Waals surface area contributed by atoms with Crippen molar-refractivity contribution in [2.75, 3.05) is 14.2 Å². The number of rotatable bonds is 7. The molecule has 3 aromatic carbocycles. The average Bonchev–Trinajstić information content (AvgIpc) is 3.26. The van der Waals surface area contributed by atoms with Crippen LogP contribution in [0, 0.1) is 20.8 Å². The first-order valence-corrected chi connectivity index (χ1v) is 11.3. The average molecular weight is 469 g/mol. The van der Waals surface area contributed by atoms with Crippen LogP contribution in [0.15, 0.2) is 71.7 Å². The number of carbonyl (C=O) groups excluding carboxylic acids is 1. The number of carbonyl (C=O) groups is 1. The number of ether oxygens (including phenoxy) is 2. The van der Waals surface area contributed by atoms with Crippen LogP contribution in [0.1, 0.15) is 32.6 Å². The number of allylic oxidation sites excluding steroid dienone is 1. The van der Waals surface area contributed by atoms with Crippen molar-refractivity contribution in [3.8, 4) is 28.4 Å². The molecule has 0 unspecified atom stereocenters. The Bertz CT molecular complexity index is 1470. The van der Waals surface area contributed by atoms with Crippen molar-refractivity contribution in [2.24, 2.45) is 0 Å². The van der Waals surface area contributed by atoms with Crippen LogP contribution in [0.25, 0.3) is 23.0 Å². The predicted octanol–water partition coefficient (Wildman–Crippen LogP) is 5.67. The van der Waals surface area contributed by atoms with Gasteiger partial charge in [-0.15, -0.1) is 0 Å². The number of ketones is 1. The molecule has 0 radical (unpaired) electrons. The van der Waals surface area contributed by atoms with E-state index < -0.39 is 0 Å². The van der Waals surface area contributed by atoms with Crippen molar-refractivity contribution in [3.63, 3.8) is 0 Å². The summed E-state index contributed by atoms with van der Waals surface area (Å²) in [5, 5.41) is 0. The number of nitrogens with one attached hydrogen (secondary N) is 1. The summed E-state index contributed by atoms with van der Waals surface area (Å²) < 4.78 is 12.1. The van der Waals surface area contributed by atoms with Crippen molar-refractivity contribution in [3.05, 3.63) is 105 Å². The van der Waals surface area contributed by atoms with Gasteiger partial charge in [0.15, 0.2) is 17.3 Å². The van der Waals surface area contributed by atoms with E-state index in [4.69, 9.17) is 9.47 Å². The molecule has 4 aromatic rings. The maximum absolute atomic E-state index is 12.9. The molecule has 35 heavy (non-hydrogen) atoms. The van der Waals surface area contributed by atoms with E-state index in [-0.39, 0.29) is 11.5 Å². The number of imidazole rings is 1. The summed E-state index contributed by atoms with van der Waals surface area (Å²) in [5.41, 5.74) is 6.90. The molecule has 1 heterocycles. The maximum atomic E-state index is 12.9. The van der Waals surface area contributed by atoms with E-state index in [1.54, 1.807) is 62.9 Å². The summed E-state index contributed by atoms with van der Waals surface area (Å²) in [6.45, 7) is 6.21. The van der Waals surface area contributed by atoms with E-state index >= 15 is 0 Å². The molecule has 4 rings (SSSR count). The SMILES string of the molecule is COc1ccc(C=CC(=O)c2cccc(-n3cc(-c4cc(C)c(C)c(C)c4)[nH]c3=O)c2)cc1OC. The first-order chi connectivity index (χ1) is 16.8. The lowest BCUT2D eigenvalue weighted by Crippen LogP contribution is -2.14. The van der Waals surface area contributed by atoms with Gasteiger partial charge >= 0.3 is 5.69 Å². The Kier molecular flexibility index (Phi) is 6.73. The zero-order chi connectivity index (χ0) is 25.1. The number of methoxy groups -OCH3 is 2. The summed E-state index contributed by atoms with van der Waals surface area (Å²) in [6, 6.07) is 16.6. The third-order valence-corrected chi connectivity index (χ3v) is 6.20. The Morgan fingerprint density at radius 1 is 0.914 bits per heavy atom. The highest BCUT2D eigenvalue weighted by atomic mass is 16.5. The lowest BCUT2D eigenvalue weighted by Gasteiger charge is -2.08. The number of hydrogen-bond donors (Lipinski definition) is 1. The topological polar surface area (TPSA) is 73.3 Å². The Morgan fingerprint density at radius 2 is 1.63 bits per heavy atom. The van der Waals surface area contributed by atoms with Crippen molar-refractivity contribution in [2.45, 2.75) is 20.8 Å². The van der Waals surface area contributed by atoms with Crippen molar-refractivity contribution >= 4 is 11.9 Å². The maximum Gasteiger partial charge on any atom is 0.330 e. The molecule has 0 fully saturated rings. The summed E-state index contributed by atoms with van der Waals surface area (Å²) in [6.07, 6.45) is 5.00. The van der Waals surface area contributed by atoms with Crippen LogP contribution in [0.2, 0.25) is 0 Å². The number of H-pyrrole nitrogens is 1. The quantitative estimate of drug-likeness (QED) is 0.280. The van der Waals surface area contributed by atoms with E-state index in [2.05, 4.69) is 37.9 Å². The van der Waals surface area contributed by atoms with Gasteiger partial charge in [-0.05, 0) is 85.5 Å². The fourth-order valence-corrected chi connectivity index (χ4v) is 3.96. The number of hydrogen-bond acceptors (Lipinski definition) is 4. The molecular weight excluding hydrogens is 440 g/mol. The summed E-state index contributed by atoms with van der Waals surface area (Å²) in [4.78, 5) is 28.5. The molecule has 6 nitrogen and oxygen atoms in total. The molecule has 1 N–H and O–H groups in total. The van der Waals surface area contributed by atoms with Crippen LogP contribution in [0.3, 0.4) is 0 Å². The van der Waals surface area contributed by atoms with Crippen LogP contribution in [0.5, 0.6) is 11.5 Å². The molecule has 0 saturated carbocycles.